The van der Waals surface area contributed by atoms with Gasteiger partial charge in [0.15, 0.2) is 6.29 Å². The molecule has 1 aromatic heterocycles. The summed E-state index contributed by atoms with van der Waals surface area (Å²) in [6, 6.07) is 14.6. The van der Waals surface area contributed by atoms with Gasteiger partial charge >= 0.3 is 0 Å². The van der Waals surface area contributed by atoms with Crippen molar-refractivity contribution in [1.29, 1.82) is 5.26 Å². The predicted octanol–water partition coefficient (Wildman–Crippen LogP) is 7.74. The van der Waals surface area contributed by atoms with Crippen LogP contribution in [0, 0.1) is 23.1 Å². The first-order chi connectivity index (χ1) is 20.1. The number of piperidine rings is 2. The third kappa shape index (κ3) is 6.88. The first kappa shape index (κ1) is 29.4. The highest BCUT2D eigenvalue weighted by Gasteiger charge is 2.29. The van der Waals surface area contributed by atoms with Crippen LogP contribution in [0.25, 0.3) is 10.9 Å². The van der Waals surface area contributed by atoms with Gasteiger partial charge in [-0.15, -0.1) is 0 Å². The average molecular weight is 561 g/mol. The molecule has 7 heteroatoms. The number of aromatic nitrogens is 1. The largest absolute Gasteiger partial charge is 0.372 e. The van der Waals surface area contributed by atoms with Gasteiger partial charge in [0.25, 0.3) is 0 Å². The van der Waals surface area contributed by atoms with Crippen LogP contribution >= 0.6 is 0 Å². The van der Waals surface area contributed by atoms with E-state index >= 15 is 0 Å². The standard InChI is InChI=1S/C34H45FN4O2/c1-3-5-20-40-34(41-21-6-4-2)26-15-18-38(19-16-26)29-11-9-25(10-12-29)27-8-7-17-39(24-27)31-14-13-30(35)32-28(22-36)23-37-33(31)32/h9-14,23,26-27,34,37H,3-8,15-21,24H2,1-2H3/t27-/m1/s1. The van der Waals surface area contributed by atoms with E-state index in [2.05, 4.69) is 59.0 Å². The Morgan fingerprint density at radius 1 is 0.951 bits per heavy atom. The number of nitrogens with zero attached hydrogens (tertiary/aromatic N) is 3. The summed E-state index contributed by atoms with van der Waals surface area (Å²) in [4.78, 5) is 7.99. The minimum Gasteiger partial charge on any atom is -0.372 e. The summed E-state index contributed by atoms with van der Waals surface area (Å²) in [6.07, 6.45) is 10.4. The van der Waals surface area contributed by atoms with Crippen molar-refractivity contribution in [2.24, 2.45) is 5.92 Å². The van der Waals surface area contributed by atoms with Crippen LogP contribution in [0.15, 0.2) is 42.6 Å². The summed E-state index contributed by atoms with van der Waals surface area (Å²) in [7, 11) is 0. The highest BCUT2D eigenvalue weighted by Crippen LogP contribution is 2.36. The van der Waals surface area contributed by atoms with Crippen molar-refractivity contribution in [1.82, 2.24) is 4.98 Å². The van der Waals surface area contributed by atoms with E-state index in [4.69, 9.17) is 9.47 Å². The second kappa shape index (κ2) is 14.2. The van der Waals surface area contributed by atoms with Crippen molar-refractivity contribution in [3.8, 4) is 6.07 Å². The number of ether oxygens (including phenoxy) is 2. The Labute approximate surface area is 244 Å². The molecule has 0 spiro atoms. The lowest BCUT2D eigenvalue weighted by atomic mass is 9.89. The van der Waals surface area contributed by atoms with Crippen molar-refractivity contribution in [3.63, 3.8) is 0 Å². The fourth-order valence-electron chi connectivity index (χ4n) is 6.41. The zero-order valence-electron chi connectivity index (χ0n) is 24.7. The van der Waals surface area contributed by atoms with Crippen LogP contribution in [-0.2, 0) is 9.47 Å². The molecule has 0 aliphatic carbocycles. The molecule has 1 N–H and O–H groups in total. The summed E-state index contributed by atoms with van der Waals surface area (Å²) >= 11 is 0. The fourth-order valence-corrected chi connectivity index (χ4v) is 6.41. The smallest absolute Gasteiger partial charge is 0.160 e. The minimum absolute atomic E-state index is 0.0771. The van der Waals surface area contributed by atoms with Gasteiger partial charge < -0.3 is 24.3 Å². The van der Waals surface area contributed by atoms with E-state index in [0.29, 0.717) is 22.8 Å². The number of nitrogens with one attached hydrogen (secondary N) is 1. The predicted molar refractivity (Wildman–Crippen MR) is 164 cm³/mol. The van der Waals surface area contributed by atoms with Gasteiger partial charge in [0.05, 0.1) is 22.2 Å². The minimum atomic E-state index is -0.349. The lowest BCUT2D eigenvalue weighted by molar-refractivity contribution is -0.177. The first-order valence-electron chi connectivity index (χ1n) is 15.7. The zero-order chi connectivity index (χ0) is 28.6. The van der Waals surface area contributed by atoms with Crippen LogP contribution in [0.2, 0.25) is 0 Å². The number of hydrogen-bond acceptors (Lipinski definition) is 5. The van der Waals surface area contributed by atoms with E-state index in [0.717, 1.165) is 102 Å². The quantitative estimate of drug-likeness (QED) is 0.181. The number of rotatable bonds is 12. The highest BCUT2D eigenvalue weighted by atomic mass is 19.1. The zero-order valence-corrected chi connectivity index (χ0v) is 24.7. The van der Waals surface area contributed by atoms with Crippen LogP contribution in [0.1, 0.15) is 82.3 Å². The molecular weight excluding hydrogens is 515 g/mol. The Balaban J connectivity index is 1.20. The maximum absolute atomic E-state index is 14.5. The fraction of sp³-hybridized carbons (Fsp3) is 0.559. The normalized spacial score (nSPS) is 18.4. The summed E-state index contributed by atoms with van der Waals surface area (Å²) in [5, 5.41) is 9.80. The topological polar surface area (TPSA) is 64.5 Å². The van der Waals surface area contributed by atoms with Gasteiger partial charge in [0.1, 0.15) is 11.9 Å². The molecule has 1 atom stereocenters. The van der Waals surface area contributed by atoms with E-state index in [9.17, 15) is 9.65 Å². The third-order valence-corrected chi connectivity index (χ3v) is 8.86. The second-order valence-electron chi connectivity index (χ2n) is 11.6. The molecule has 6 nitrogen and oxygen atoms in total. The van der Waals surface area contributed by atoms with Crippen LogP contribution in [0.3, 0.4) is 0 Å². The average Bonchev–Trinajstić information content (AvgIpc) is 3.46. The van der Waals surface area contributed by atoms with Crippen molar-refractivity contribution in [3.05, 3.63) is 59.5 Å². The molecule has 0 radical (unpaired) electrons. The molecule has 5 rings (SSSR count). The molecule has 2 saturated heterocycles. The van der Waals surface area contributed by atoms with E-state index in [1.165, 1.54) is 17.3 Å². The Bertz CT molecular complexity index is 1280. The van der Waals surface area contributed by atoms with Gasteiger partial charge in [-0.2, -0.15) is 5.26 Å². The maximum atomic E-state index is 14.5. The molecule has 2 fully saturated rings. The molecule has 0 saturated carbocycles. The van der Waals surface area contributed by atoms with Crippen LogP contribution in [0.4, 0.5) is 15.8 Å². The number of anilines is 2. The molecule has 0 unspecified atom stereocenters. The van der Waals surface area contributed by atoms with E-state index in [-0.39, 0.29) is 12.1 Å². The second-order valence-corrected chi connectivity index (χ2v) is 11.6. The molecule has 2 aliphatic rings. The van der Waals surface area contributed by atoms with Gasteiger partial charge in [0.2, 0.25) is 0 Å². The summed E-state index contributed by atoms with van der Waals surface area (Å²) < 4.78 is 26.9. The number of halogens is 1. The van der Waals surface area contributed by atoms with Crippen molar-refractivity contribution < 1.29 is 13.9 Å². The molecule has 2 aliphatic heterocycles. The van der Waals surface area contributed by atoms with Gasteiger partial charge in [-0.05, 0) is 68.4 Å². The number of fused-ring (bicyclic) bond motifs is 1. The number of aromatic amines is 1. The molecule has 0 bridgehead atoms. The molecule has 41 heavy (non-hydrogen) atoms. The van der Waals surface area contributed by atoms with Gasteiger partial charge in [-0.1, -0.05) is 38.8 Å². The third-order valence-electron chi connectivity index (χ3n) is 8.86. The van der Waals surface area contributed by atoms with Crippen molar-refractivity contribution in [2.75, 3.05) is 49.2 Å². The lowest BCUT2D eigenvalue weighted by Crippen LogP contribution is -2.40. The van der Waals surface area contributed by atoms with E-state index < -0.39 is 0 Å². The van der Waals surface area contributed by atoms with Crippen LogP contribution in [0.5, 0.6) is 0 Å². The Morgan fingerprint density at radius 3 is 2.32 bits per heavy atom. The number of unbranched alkanes of at least 4 members (excludes halogenated alkanes) is 2. The molecule has 220 valence electrons. The SMILES string of the molecule is CCCCOC(OCCCC)C1CCN(c2ccc([C@@H]3CCCN(c4ccc(F)c5c(C#N)c[nH]c45)C3)cc2)CC1. The molecule has 3 heterocycles. The molecule has 3 aromatic rings. The Hall–Kier alpha value is -3.08. The summed E-state index contributed by atoms with van der Waals surface area (Å²) in [5.74, 6) is 0.517. The van der Waals surface area contributed by atoms with Crippen molar-refractivity contribution in [2.45, 2.75) is 77.4 Å². The number of nitriles is 1. The lowest BCUT2D eigenvalue weighted by Gasteiger charge is -2.37. The van der Waals surface area contributed by atoms with Crippen LogP contribution in [-0.4, -0.2) is 50.7 Å². The molecule has 2 aromatic carbocycles. The van der Waals surface area contributed by atoms with Crippen molar-refractivity contribution >= 4 is 22.3 Å². The number of H-pyrrole nitrogens is 1. The Kier molecular flexibility index (Phi) is 10.2. The highest BCUT2D eigenvalue weighted by molar-refractivity contribution is 5.95. The maximum Gasteiger partial charge on any atom is 0.160 e. The molecule has 0 amide bonds. The summed E-state index contributed by atoms with van der Waals surface area (Å²) in [6.45, 7) is 9.81. The molecular formula is C34H45FN4O2. The number of hydrogen-bond donors (Lipinski definition) is 1. The summed E-state index contributed by atoms with van der Waals surface area (Å²) in [5.41, 5.74) is 4.68. The van der Waals surface area contributed by atoms with Gasteiger partial charge in [-0.25, -0.2) is 4.39 Å². The van der Waals surface area contributed by atoms with E-state index in [1.807, 2.05) is 6.07 Å². The number of benzene rings is 2. The van der Waals surface area contributed by atoms with Crippen LogP contribution < -0.4 is 9.80 Å². The Morgan fingerprint density at radius 2 is 1.66 bits per heavy atom. The first-order valence-corrected chi connectivity index (χ1v) is 15.7. The van der Waals surface area contributed by atoms with Gasteiger partial charge in [-0.3, -0.25) is 0 Å². The van der Waals surface area contributed by atoms with Gasteiger partial charge in [0, 0.05) is 63.1 Å². The van der Waals surface area contributed by atoms with E-state index in [1.54, 1.807) is 6.20 Å². The monoisotopic (exact) mass is 560 g/mol.